The van der Waals surface area contributed by atoms with E-state index < -0.39 is 0 Å². The average Bonchev–Trinajstić information content (AvgIpc) is 2.54. The van der Waals surface area contributed by atoms with E-state index in [2.05, 4.69) is 15.6 Å². The number of nitrogens with one attached hydrogen (secondary N) is 2. The molecule has 1 aromatic carbocycles. The molecule has 0 aliphatic carbocycles. The van der Waals surface area contributed by atoms with Crippen LogP contribution in [0.5, 0.6) is 5.75 Å². The number of ether oxygens (including phenoxy) is 1. The lowest BCUT2D eigenvalue weighted by Crippen LogP contribution is -2.39. The Morgan fingerprint density at radius 1 is 1.41 bits per heavy atom. The van der Waals surface area contributed by atoms with Crippen LogP contribution in [0.4, 0.5) is 22.0 Å². The SMILES string of the molecule is CCN1Cc2c(Nc3cccc(OC)c3)ccnc2NC1=O. The highest BCUT2D eigenvalue weighted by molar-refractivity contribution is 5.92. The van der Waals surface area contributed by atoms with E-state index in [-0.39, 0.29) is 6.03 Å². The molecule has 3 rings (SSSR count). The van der Waals surface area contributed by atoms with E-state index >= 15 is 0 Å². The topological polar surface area (TPSA) is 66.5 Å². The molecule has 1 aliphatic rings. The van der Waals surface area contributed by atoms with Crippen molar-refractivity contribution in [3.63, 3.8) is 0 Å². The van der Waals surface area contributed by atoms with Crippen LogP contribution < -0.4 is 15.4 Å². The second-order valence-electron chi connectivity index (χ2n) is 4.99. The number of amides is 2. The van der Waals surface area contributed by atoms with E-state index in [1.165, 1.54) is 0 Å². The normalized spacial score (nSPS) is 13.4. The van der Waals surface area contributed by atoms with Gasteiger partial charge in [-0.25, -0.2) is 9.78 Å². The van der Waals surface area contributed by atoms with Gasteiger partial charge in [-0.15, -0.1) is 0 Å². The Labute approximate surface area is 129 Å². The number of rotatable bonds is 4. The Bertz CT molecular complexity index is 702. The second kappa shape index (κ2) is 5.93. The number of aromatic nitrogens is 1. The van der Waals surface area contributed by atoms with Crippen LogP contribution >= 0.6 is 0 Å². The fraction of sp³-hybridized carbons (Fsp3) is 0.250. The largest absolute Gasteiger partial charge is 0.497 e. The Morgan fingerprint density at radius 2 is 2.27 bits per heavy atom. The smallest absolute Gasteiger partial charge is 0.323 e. The molecule has 0 bridgehead atoms. The third-order valence-corrected chi connectivity index (χ3v) is 3.65. The van der Waals surface area contributed by atoms with Crippen LogP contribution in [0.3, 0.4) is 0 Å². The third kappa shape index (κ3) is 2.67. The van der Waals surface area contributed by atoms with Crippen molar-refractivity contribution in [2.24, 2.45) is 0 Å². The summed E-state index contributed by atoms with van der Waals surface area (Å²) in [6.45, 7) is 3.15. The zero-order chi connectivity index (χ0) is 15.5. The molecule has 6 heteroatoms. The molecule has 0 saturated carbocycles. The van der Waals surface area contributed by atoms with Crippen molar-refractivity contribution in [2.75, 3.05) is 24.3 Å². The Hall–Kier alpha value is -2.76. The first-order chi connectivity index (χ1) is 10.7. The van der Waals surface area contributed by atoms with E-state index in [0.29, 0.717) is 18.9 Å². The van der Waals surface area contributed by atoms with Crippen LogP contribution in [-0.2, 0) is 6.54 Å². The van der Waals surface area contributed by atoms with Gasteiger partial charge in [-0.1, -0.05) is 6.07 Å². The van der Waals surface area contributed by atoms with Crippen molar-refractivity contribution in [2.45, 2.75) is 13.5 Å². The fourth-order valence-corrected chi connectivity index (χ4v) is 2.43. The predicted octanol–water partition coefficient (Wildman–Crippen LogP) is 3.20. The zero-order valence-electron chi connectivity index (χ0n) is 12.6. The molecule has 6 nitrogen and oxygen atoms in total. The molecule has 1 aromatic heterocycles. The summed E-state index contributed by atoms with van der Waals surface area (Å²) in [6, 6.07) is 9.51. The molecular weight excluding hydrogens is 280 g/mol. The molecule has 2 N–H and O–H groups in total. The Balaban J connectivity index is 1.92. The van der Waals surface area contributed by atoms with E-state index in [1.807, 2.05) is 37.3 Å². The molecule has 0 atom stereocenters. The lowest BCUT2D eigenvalue weighted by atomic mass is 10.1. The van der Waals surface area contributed by atoms with Gasteiger partial charge in [0.15, 0.2) is 0 Å². The van der Waals surface area contributed by atoms with Gasteiger partial charge in [0, 0.05) is 35.7 Å². The maximum Gasteiger partial charge on any atom is 0.323 e. The van der Waals surface area contributed by atoms with Gasteiger partial charge in [0.1, 0.15) is 11.6 Å². The van der Waals surface area contributed by atoms with Crippen LogP contribution in [0.25, 0.3) is 0 Å². The molecule has 0 radical (unpaired) electrons. The van der Waals surface area contributed by atoms with Crippen molar-refractivity contribution in [1.82, 2.24) is 9.88 Å². The minimum Gasteiger partial charge on any atom is -0.497 e. The minimum absolute atomic E-state index is 0.110. The number of hydrogen-bond donors (Lipinski definition) is 2. The van der Waals surface area contributed by atoms with Crippen LogP contribution in [0.15, 0.2) is 36.5 Å². The van der Waals surface area contributed by atoms with Gasteiger partial charge >= 0.3 is 6.03 Å². The first-order valence-corrected chi connectivity index (χ1v) is 7.16. The number of methoxy groups -OCH3 is 1. The highest BCUT2D eigenvalue weighted by Crippen LogP contribution is 2.30. The fourth-order valence-electron chi connectivity index (χ4n) is 2.43. The number of carbonyl (C=O) groups is 1. The molecule has 2 aromatic rings. The summed E-state index contributed by atoms with van der Waals surface area (Å²) in [6.07, 6.45) is 1.68. The van der Waals surface area contributed by atoms with E-state index in [9.17, 15) is 4.79 Å². The number of nitrogens with zero attached hydrogens (tertiary/aromatic N) is 2. The van der Waals surface area contributed by atoms with Crippen LogP contribution in [0.2, 0.25) is 0 Å². The molecule has 2 heterocycles. The monoisotopic (exact) mass is 298 g/mol. The lowest BCUT2D eigenvalue weighted by molar-refractivity contribution is 0.209. The highest BCUT2D eigenvalue weighted by atomic mass is 16.5. The van der Waals surface area contributed by atoms with E-state index in [0.717, 1.165) is 22.7 Å². The number of benzene rings is 1. The van der Waals surface area contributed by atoms with Gasteiger partial charge in [0.2, 0.25) is 0 Å². The number of urea groups is 1. The van der Waals surface area contributed by atoms with Gasteiger partial charge in [-0.3, -0.25) is 5.32 Å². The predicted molar refractivity (Wildman–Crippen MR) is 85.6 cm³/mol. The maximum atomic E-state index is 11.9. The van der Waals surface area contributed by atoms with Crippen molar-refractivity contribution in [1.29, 1.82) is 0 Å². The summed E-state index contributed by atoms with van der Waals surface area (Å²) in [7, 11) is 1.64. The number of hydrogen-bond acceptors (Lipinski definition) is 4. The molecule has 0 saturated heterocycles. The average molecular weight is 298 g/mol. The molecular formula is C16H18N4O2. The zero-order valence-corrected chi connectivity index (χ0v) is 12.6. The molecule has 1 aliphatic heterocycles. The molecule has 0 spiro atoms. The summed E-state index contributed by atoms with van der Waals surface area (Å²) in [5.74, 6) is 1.40. The number of carbonyl (C=O) groups excluding carboxylic acids is 1. The van der Waals surface area contributed by atoms with Crippen molar-refractivity contribution >= 4 is 23.2 Å². The van der Waals surface area contributed by atoms with Gasteiger partial charge in [0.05, 0.1) is 13.7 Å². The quantitative estimate of drug-likeness (QED) is 0.909. The first kappa shape index (κ1) is 14.2. The summed E-state index contributed by atoms with van der Waals surface area (Å²) < 4.78 is 5.24. The molecule has 22 heavy (non-hydrogen) atoms. The third-order valence-electron chi connectivity index (χ3n) is 3.65. The molecule has 0 fully saturated rings. The van der Waals surface area contributed by atoms with E-state index in [1.54, 1.807) is 18.2 Å². The summed E-state index contributed by atoms with van der Waals surface area (Å²) in [5, 5.41) is 6.19. The van der Waals surface area contributed by atoms with Crippen molar-refractivity contribution in [3.05, 3.63) is 42.1 Å². The van der Waals surface area contributed by atoms with Gasteiger partial charge in [0.25, 0.3) is 0 Å². The summed E-state index contributed by atoms with van der Waals surface area (Å²) >= 11 is 0. The molecule has 0 unspecified atom stereocenters. The molecule has 114 valence electrons. The Morgan fingerprint density at radius 3 is 3.05 bits per heavy atom. The minimum atomic E-state index is -0.110. The highest BCUT2D eigenvalue weighted by Gasteiger charge is 2.24. The van der Waals surface area contributed by atoms with Crippen molar-refractivity contribution < 1.29 is 9.53 Å². The second-order valence-corrected chi connectivity index (χ2v) is 4.99. The van der Waals surface area contributed by atoms with Crippen LogP contribution in [0.1, 0.15) is 12.5 Å². The van der Waals surface area contributed by atoms with Gasteiger partial charge in [-0.2, -0.15) is 0 Å². The Kier molecular flexibility index (Phi) is 3.82. The summed E-state index contributed by atoms with van der Waals surface area (Å²) in [5.41, 5.74) is 2.83. The lowest BCUT2D eigenvalue weighted by Gasteiger charge is -2.29. The van der Waals surface area contributed by atoms with Gasteiger partial charge in [-0.05, 0) is 25.1 Å². The standard InChI is InChI=1S/C16H18N4O2/c1-3-20-10-13-14(7-8-17-15(13)19-16(20)21)18-11-5-4-6-12(9-11)22-2/h4-9H,3,10H2,1-2H3,(H2,17,18,19,21). The number of fused-ring (bicyclic) bond motifs is 1. The number of pyridine rings is 1. The molecule has 2 amide bonds. The van der Waals surface area contributed by atoms with Crippen molar-refractivity contribution in [3.8, 4) is 5.75 Å². The number of anilines is 3. The van der Waals surface area contributed by atoms with Crippen LogP contribution in [0, 0.1) is 0 Å². The van der Waals surface area contributed by atoms with Crippen LogP contribution in [-0.4, -0.2) is 29.6 Å². The summed E-state index contributed by atoms with van der Waals surface area (Å²) in [4.78, 5) is 17.9. The van der Waals surface area contributed by atoms with Gasteiger partial charge < -0.3 is 15.0 Å². The first-order valence-electron chi connectivity index (χ1n) is 7.16. The maximum absolute atomic E-state index is 11.9. The van der Waals surface area contributed by atoms with E-state index in [4.69, 9.17) is 4.74 Å².